The highest BCUT2D eigenvalue weighted by atomic mass is 32.2. The van der Waals surface area contributed by atoms with Gasteiger partial charge in [0.25, 0.3) is 0 Å². The summed E-state index contributed by atoms with van der Waals surface area (Å²) in [5, 5.41) is 11.4. The number of aliphatic hydroxyl groups excluding tert-OH is 1. The molecule has 0 unspecified atom stereocenters. The summed E-state index contributed by atoms with van der Waals surface area (Å²) in [6, 6.07) is 0. The fourth-order valence-electron chi connectivity index (χ4n) is 7.91. The van der Waals surface area contributed by atoms with Crippen molar-refractivity contribution in [1.29, 1.82) is 0 Å². The van der Waals surface area contributed by atoms with Crippen LogP contribution in [-0.4, -0.2) is 66.9 Å². The molecule has 0 aromatic carbocycles. The van der Waals surface area contributed by atoms with Gasteiger partial charge in [-0.1, -0.05) is 13.0 Å². The molecule has 1 heterocycles. The third kappa shape index (κ3) is 3.36. The van der Waals surface area contributed by atoms with Crippen LogP contribution in [0.3, 0.4) is 0 Å². The van der Waals surface area contributed by atoms with Crippen LogP contribution < -0.4 is 0 Å². The number of carbonyl (C=O) groups is 1. The van der Waals surface area contributed by atoms with Gasteiger partial charge < -0.3 is 14.6 Å². The lowest BCUT2D eigenvalue weighted by atomic mass is 9.44. The number of ketones is 1. The first-order chi connectivity index (χ1) is 16.7. The highest BCUT2D eigenvalue weighted by molar-refractivity contribution is 7.87. The molecule has 7 nitrogen and oxygen atoms in total. The molecule has 3 saturated carbocycles. The largest absolute Gasteiger partial charge is 0.523 e. The van der Waals surface area contributed by atoms with Gasteiger partial charge in [-0.2, -0.15) is 21.6 Å². The number of alkyl halides is 5. The van der Waals surface area contributed by atoms with E-state index in [1.165, 1.54) is 26.8 Å². The SMILES string of the molecule is CC1(C)O[C@@H]2C[C@H]3[C@@H]4C[C@H](F)C5=CC(=O)C=C[C@]5(C)[C@@]4(F)[C@@H](O)C[C@]3(C)[C@]2(COS(=O)(=O)C(F)(F)F)O1. The number of ether oxygens (including phenoxy) is 2. The van der Waals surface area contributed by atoms with Gasteiger partial charge in [0.15, 0.2) is 17.2 Å². The molecule has 1 saturated heterocycles. The van der Waals surface area contributed by atoms with Crippen molar-refractivity contribution in [2.75, 3.05) is 6.61 Å². The molecule has 5 rings (SSSR count). The molecule has 0 aromatic rings. The molecule has 1 aliphatic heterocycles. The summed E-state index contributed by atoms with van der Waals surface area (Å²) in [5.41, 5.74) is -13.0. The van der Waals surface area contributed by atoms with Crippen molar-refractivity contribution in [3.05, 3.63) is 23.8 Å². The van der Waals surface area contributed by atoms with Crippen LogP contribution >= 0.6 is 0 Å². The summed E-state index contributed by atoms with van der Waals surface area (Å²) < 4.78 is 112. The molecule has 0 radical (unpaired) electrons. The topological polar surface area (TPSA) is 99.1 Å². The van der Waals surface area contributed by atoms with E-state index in [0.29, 0.717) is 0 Å². The lowest BCUT2D eigenvalue weighted by molar-refractivity contribution is -0.257. The molecule has 0 amide bonds. The van der Waals surface area contributed by atoms with Crippen molar-refractivity contribution in [3.63, 3.8) is 0 Å². The molecule has 5 aliphatic rings. The number of carbonyl (C=O) groups excluding carboxylic acids is 1. The second kappa shape index (κ2) is 7.61. The fourth-order valence-corrected chi connectivity index (χ4v) is 8.38. The summed E-state index contributed by atoms with van der Waals surface area (Å²) in [5.74, 6) is -3.76. The Morgan fingerprint density at radius 3 is 2.43 bits per heavy atom. The van der Waals surface area contributed by atoms with Gasteiger partial charge in [0.2, 0.25) is 0 Å². The summed E-state index contributed by atoms with van der Waals surface area (Å²) in [6.45, 7) is 4.92. The van der Waals surface area contributed by atoms with Crippen LogP contribution in [0.4, 0.5) is 22.0 Å². The van der Waals surface area contributed by atoms with Gasteiger partial charge in [-0.05, 0) is 63.7 Å². The van der Waals surface area contributed by atoms with Crippen molar-refractivity contribution >= 4 is 15.9 Å². The van der Waals surface area contributed by atoms with E-state index in [1.807, 2.05) is 0 Å². The standard InChI is InChI=1S/C24H29F5O7S/c1-19(2)35-18-9-13-14-8-16(25)15-7-12(30)5-6-20(15,3)23(14,26)17(31)10-21(13,4)22(18,36-19)11-34-37(32,33)24(27,28)29/h5-7,13-14,16-18,31H,8-11H2,1-4H3/t13-,14-,16-,17-,18+,20-,21-,22+,23-/m0/s1. The first-order valence-corrected chi connectivity index (χ1v) is 13.4. The maximum Gasteiger partial charge on any atom is 0.523 e. The summed E-state index contributed by atoms with van der Waals surface area (Å²) in [4.78, 5) is 12.0. The van der Waals surface area contributed by atoms with Crippen LogP contribution in [0.1, 0.15) is 47.0 Å². The number of allylic oxidation sites excluding steroid dienone is 4. The first kappa shape index (κ1) is 27.2. The monoisotopic (exact) mass is 556 g/mol. The van der Waals surface area contributed by atoms with Crippen molar-refractivity contribution in [2.45, 2.75) is 87.9 Å². The zero-order valence-corrected chi connectivity index (χ0v) is 21.5. The highest BCUT2D eigenvalue weighted by Crippen LogP contribution is 2.72. The van der Waals surface area contributed by atoms with E-state index in [-0.39, 0.29) is 24.8 Å². The fraction of sp³-hybridized carbons (Fsp3) is 0.792. The first-order valence-electron chi connectivity index (χ1n) is 12.0. The normalized spacial score (nSPS) is 48.6. The Bertz CT molecular complexity index is 1200. The number of halogens is 5. The zero-order chi connectivity index (χ0) is 27.6. The molecular weight excluding hydrogens is 527 g/mol. The van der Waals surface area contributed by atoms with Gasteiger partial charge in [-0.15, -0.1) is 0 Å². The Morgan fingerprint density at radius 2 is 1.81 bits per heavy atom. The molecule has 13 heteroatoms. The van der Waals surface area contributed by atoms with Crippen LogP contribution in [-0.2, 0) is 28.6 Å². The van der Waals surface area contributed by atoms with E-state index in [9.17, 15) is 31.5 Å². The second-order valence-corrected chi connectivity index (χ2v) is 13.4. The minimum atomic E-state index is -6.00. The quantitative estimate of drug-likeness (QED) is 0.322. The predicted octanol–water partition coefficient (Wildman–Crippen LogP) is 3.67. The summed E-state index contributed by atoms with van der Waals surface area (Å²) in [7, 11) is -6.00. The Balaban J connectivity index is 1.59. The number of fused-ring (bicyclic) bond motifs is 7. The van der Waals surface area contributed by atoms with Crippen LogP contribution in [0.15, 0.2) is 23.8 Å². The van der Waals surface area contributed by atoms with Gasteiger partial charge >= 0.3 is 15.6 Å². The lowest BCUT2D eigenvalue weighted by Crippen LogP contribution is -2.70. The van der Waals surface area contributed by atoms with Gasteiger partial charge in [-0.3, -0.25) is 8.98 Å². The number of rotatable bonds is 3. The average Bonchev–Trinajstić information content (AvgIpc) is 3.15. The minimum absolute atomic E-state index is 0.0168. The molecular formula is C24H29F5O7S. The lowest BCUT2D eigenvalue weighted by Gasteiger charge is -2.63. The van der Waals surface area contributed by atoms with Crippen molar-refractivity contribution < 1.29 is 53.9 Å². The van der Waals surface area contributed by atoms with Crippen LogP contribution in [0.2, 0.25) is 0 Å². The van der Waals surface area contributed by atoms with Gasteiger partial charge in [0, 0.05) is 16.7 Å². The van der Waals surface area contributed by atoms with Crippen molar-refractivity contribution in [2.24, 2.45) is 22.7 Å². The van der Waals surface area contributed by atoms with Crippen LogP contribution in [0, 0.1) is 22.7 Å². The van der Waals surface area contributed by atoms with E-state index in [1.54, 1.807) is 6.92 Å². The second-order valence-electron chi connectivity index (χ2n) is 11.8. The molecule has 0 spiro atoms. The highest BCUT2D eigenvalue weighted by Gasteiger charge is 2.79. The molecule has 208 valence electrons. The molecule has 0 bridgehead atoms. The summed E-state index contributed by atoms with van der Waals surface area (Å²) in [6.07, 6.45) is -1.73. The maximum atomic E-state index is 17.2. The van der Waals surface area contributed by atoms with E-state index < -0.39 is 86.1 Å². The Morgan fingerprint density at radius 1 is 1.16 bits per heavy atom. The number of hydrogen-bond donors (Lipinski definition) is 1. The van der Waals surface area contributed by atoms with E-state index in [0.717, 1.165) is 12.2 Å². The Kier molecular flexibility index (Phi) is 5.59. The minimum Gasteiger partial charge on any atom is -0.390 e. The molecule has 4 aliphatic carbocycles. The Labute approximate surface area is 211 Å². The Hall–Kier alpha value is -1.41. The van der Waals surface area contributed by atoms with Crippen LogP contribution in [0.25, 0.3) is 0 Å². The van der Waals surface area contributed by atoms with Gasteiger partial charge in [0.05, 0.1) is 18.8 Å². The molecule has 0 aromatic heterocycles. The molecule has 4 fully saturated rings. The van der Waals surface area contributed by atoms with Crippen molar-refractivity contribution in [3.8, 4) is 0 Å². The average molecular weight is 557 g/mol. The predicted molar refractivity (Wildman–Crippen MR) is 118 cm³/mol. The van der Waals surface area contributed by atoms with Gasteiger partial charge in [-0.25, -0.2) is 8.78 Å². The summed E-state index contributed by atoms with van der Waals surface area (Å²) >= 11 is 0. The third-order valence-electron chi connectivity index (χ3n) is 9.54. The van der Waals surface area contributed by atoms with E-state index in [4.69, 9.17) is 9.47 Å². The molecule has 9 atom stereocenters. The number of aliphatic hydroxyl groups is 1. The molecule has 37 heavy (non-hydrogen) atoms. The van der Waals surface area contributed by atoms with Crippen molar-refractivity contribution in [1.82, 2.24) is 0 Å². The van der Waals surface area contributed by atoms with E-state index >= 15 is 8.78 Å². The van der Waals surface area contributed by atoms with Gasteiger partial charge in [0.1, 0.15) is 11.8 Å². The molecule has 1 N–H and O–H groups in total. The smallest absolute Gasteiger partial charge is 0.390 e. The number of hydrogen-bond acceptors (Lipinski definition) is 7. The third-order valence-corrected chi connectivity index (χ3v) is 10.5. The zero-order valence-electron chi connectivity index (χ0n) is 20.6. The maximum absolute atomic E-state index is 17.2. The van der Waals surface area contributed by atoms with E-state index in [2.05, 4.69) is 4.18 Å². The van der Waals surface area contributed by atoms with Crippen LogP contribution in [0.5, 0.6) is 0 Å².